The molecule has 0 saturated carbocycles. The van der Waals surface area contributed by atoms with Crippen LogP contribution in [0.5, 0.6) is 5.75 Å². The zero-order valence-electron chi connectivity index (χ0n) is 12.1. The lowest BCUT2D eigenvalue weighted by Gasteiger charge is -2.19. The summed E-state index contributed by atoms with van der Waals surface area (Å²) in [5.74, 6) is -0.155. The first-order valence-electron chi connectivity index (χ1n) is 6.79. The van der Waals surface area contributed by atoms with Crippen molar-refractivity contribution >= 4 is 21.8 Å². The summed E-state index contributed by atoms with van der Waals surface area (Å²) in [6.07, 6.45) is 2.11. The number of ether oxygens (including phenoxy) is 1. The molecule has 1 amide bonds. The van der Waals surface area contributed by atoms with Crippen LogP contribution in [0.2, 0.25) is 0 Å². The third-order valence-corrected chi connectivity index (χ3v) is 4.50. The first-order chi connectivity index (χ1) is 9.53. The van der Waals surface area contributed by atoms with Crippen molar-refractivity contribution in [3.8, 4) is 5.75 Å². The van der Waals surface area contributed by atoms with Gasteiger partial charge in [-0.1, -0.05) is 42.6 Å². The van der Waals surface area contributed by atoms with Gasteiger partial charge in [0.25, 0.3) is 5.91 Å². The normalized spacial score (nSPS) is 12.3. The quantitative estimate of drug-likeness (QED) is 0.764. The smallest absolute Gasteiger partial charge is 0.251 e. The summed E-state index contributed by atoms with van der Waals surface area (Å²) in [5.41, 5.74) is 0.299. The van der Waals surface area contributed by atoms with Crippen LogP contribution in [0.25, 0.3) is 0 Å². The van der Waals surface area contributed by atoms with Crippen LogP contribution >= 0.6 is 15.9 Å². The molecule has 0 spiro atoms. The zero-order valence-corrected chi connectivity index (χ0v) is 13.7. The monoisotopic (exact) mass is 345 g/mol. The highest BCUT2D eigenvalue weighted by atomic mass is 79.9. The Morgan fingerprint density at radius 1 is 1.40 bits per heavy atom. The van der Waals surface area contributed by atoms with Crippen molar-refractivity contribution in [2.45, 2.75) is 31.5 Å². The molecule has 1 rings (SSSR count). The Bertz CT molecular complexity index is 449. The van der Waals surface area contributed by atoms with E-state index in [0.29, 0.717) is 18.0 Å². The third kappa shape index (κ3) is 4.47. The summed E-state index contributed by atoms with van der Waals surface area (Å²) in [6.45, 7) is 4.78. The lowest BCUT2D eigenvalue weighted by atomic mass is 9.99. The van der Waals surface area contributed by atoms with Crippen LogP contribution in [0.4, 0.5) is 4.39 Å². The Labute approximate surface area is 128 Å². The molecule has 3 nitrogen and oxygen atoms in total. The SMILES string of the molecule is CCC(CC)C(Br)CNC(=O)c1ccc(OC)c(F)c1. The second-order valence-corrected chi connectivity index (χ2v) is 5.83. The fourth-order valence-electron chi connectivity index (χ4n) is 2.07. The summed E-state index contributed by atoms with van der Waals surface area (Å²) < 4.78 is 18.4. The molecule has 0 radical (unpaired) electrons. The first kappa shape index (κ1) is 17.0. The van der Waals surface area contributed by atoms with Crippen molar-refractivity contribution in [3.05, 3.63) is 29.6 Å². The molecule has 0 aliphatic rings. The van der Waals surface area contributed by atoms with E-state index in [1.807, 2.05) is 0 Å². The minimum atomic E-state index is -0.532. The van der Waals surface area contributed by atoms with E-state index in [2.05, 4.69) is 35.1 Å². The maximum absolute atomic E-state index is 13.5. The molecule has 1 aromatic carbocycles. The molecule has 1 aromatic rings. The Hall–Kier alpha value is -1.10. The molecule has 0 fully saturated rings. The molecule has 0 saturated heterocycles. The molecule has 0 aliphatic heterocycles. The Kier molecular flexibility index (Phi) is 6.99. The molecule has 1 atom stereocenters. The van der Waals surface area contributed by atoms with Crippen molar-refractivity contribution < 1.29 is 13.9 Å². The van der Waals surface area contributed by atoms with Gasteiger partial charge in [0.1, 0.15) is 0 Å². The van der Waals surface area contributed by atoms with E-state index in [4.69, 9.17) is 4.74 Å². The molecule has 20 heavy (non-hydrogen) atoms. The number of alkyl halides is 1. The van der Waals surface area contributed by atoms with E-state index in [9.17, 15) is 9.18 Å². The van der Waals surface area contributed by atoms with Crippen LogP contribution in [0, 0.1) is 11.7 Å². The minimum absolute atomic E-state index is 0.136. The van der Waals surface area contributed by atoms with Crippen LogP contribution in [0.15, 0.2) is 18.2 Å². The van der Waals surface area contributed by atoms with E-state index in [1.165, 1.54) is 19.2 Å². The topological polar surface area (TPSA) is 38.3 Å². The van der Waals surface area contributed by atoms with Gasteiger partial charge in [-0.25, -0.2) is 4.39 Å². The molecule has 5 heteroatoms. The van der Waals surface area contributed by atoms with Gasteiger partial charge in [-0.05, 0) is 24.1 Å². The number of carbonyl (C=O) groups excluding carboxylic acids is 1. The predicted molar refractivity (Wildman–Crippen MR) is 82.1 cm³/mol. The number of carbonyl (C=O) groups is 1. The maximum Gasteiger partial charge on any atom is 0.251 e. The van der Waals surface area contributed by atoms with E-state index in [0.717, 1.165) is 12.8 Å². The van der Waals surface area contributed by atoms with Gasteiger partial charge in [0.05, 0.1) is 7.11 Å². The highest BCUT2D eigenvalue weighted by molar-refractivity contribution is 9.09. The minimum Gasteiger partial charge on any atom is -0.494 e. The largest absolute Gasteiger partial charge is 0.494 e. The van der Waals surface area contributed by atoms with Gasteiger partial charge in [-0.3, -0.25) is 4.79 Å². The lowest BCUT2D eigenvalue weighted by molar-refractivity contribution is 0.0951. The number of hydrogen-bond acceptors (Lipinski definition) is 2. The number of hydrogen-bond donors (Lipinski definition) is 1. The van der Waals surface area contributed by atoms with Crippen LogP contribution in [0.3, 0.4) is 0 Å². The van der Waals surface area contributed by atoms with Crippen molar-refractivity contribution in [2.75, 3.05) is 13.7 Å². The number of benzene rings is 1. The molecule has 0 aromatic heterocycles. The van der Waals surface area contributed by atoms with Crippen LogP contribution in [-0.2, 0) is 0 Å². The van der Waals surface area contributed by atoms with Crippen molar-refractivity contribution in [1.29, 1.82) is 0 Å². The summed E-state index contributed by atoms with van der Waals surface area (Å²) >= 11 is 3.59. The molecular weight excluding hydrogens is 325 g/mol. The molecule has 0 heterocycles. The number of amides is 1. The number of nitrogens with one attached hydrogen (secondary N) is 1. The van der Waals surface area contributed by atoms with Crippen LogP contribution in [-0.4, -0.2) is 24.4 Å². The van der Waals surface area contributed by atoms with Crippen LogP contribution in [0.1, 0.15) is 37.0 Å². The van der Waals surface area contributed by atoms with Crippen LogP contribution < -0.4 is 10.1 Å². The average molecular weight is 346 g/mol. The Balaban J connectivity index is 2.61. The molecule has 1 N–H and O–H groups in total. The average Bonchev–Trinajstić information content (AvgIpc) is 2.45. The summed E-state index contributed by atoms with van der Waals surface area (Å²) in [5, 5.41) is 2.82. The second kappa shape index (κ2) is 8.25. The molecular formula is C15H21BrFNO2. The molecule has 0 bridgehead atoms. The second-order valence-electron chi connectivity index (χ2n) is 4.65. The number of halogens is 2. The van der Waals surface area contributed by atoms with E-state index < -0.39 is 5.82 Å². The van der Waals surface area contributed by atoms with Gasteiger partial charge in [0, 0.05) is 16.9 Å². The Morgan fingerprint density at radius 3 is 2.55 bits per heavy atom. The third-order valence-electron chi connectivity index (χ3n) is 3.43. The molecule has 1 unspecified atom stereocenters. The molecule has 112 valence electrons. The van der Waals surface area contributed by atoms with Gasteiger partial charge in [-0.15, -0.1) is 0 Å². The van der Waals surface area contributed by atoms with Gasteiger partial charge in [0.15, 0.2) is 11.6 Å². The summed E-state index contributed by atoms with van der Waals surface area (Å²) in [4.78, 5) is 12.2. The standard InChI is InChI=1S/C15H21BrFNO2/c1-4-10(5-2)12(16)9-18-15(19)11-6-7-14(20-3)13(17)8-11/h6-8,10,12H,4-5,9H2,1-3H3,(H,18,19). The first-order valence-corrected chi connectivity index (χ1v) is 7.70. The fraction of sp³-hybridized carbons (Fsp3) is 0.533. The highest BCUT2D eigenvalue weighted by Crippen LogP contribution is 2.20. The van der Waals surface area contributed by atoms with E-state index in [1.54, 1.807) is 6.07 Å². The fourth-order valence-corrected chi connectivity index (χ4v) is 2.98. The van der Waals surface area contributed by atoms with Gasteiger partial charge in [-0.2, -0.15) is 0 Å². The zero-order chi connectivity index (χ0) is 15.1. The number of methoxy groups -OCH3 is 1. The summed E-state index contributed by atoms with van der Waals surface area (Å²) in [6, 6.07) is 4.20. The number of rotatable bonds is 7. The lowest BCUT2D eigenvalue weighted by Crippen LogP contribution is -2.32. The van der Waals surface area contributed by atoms with Crippen molar-refractivity contribution in [1.82, 2.24) is 5.32 Å². The van der Waals surface area contributed by atoms with Gasteiger partial charge in [0.2, 0.25) is 0 Å². The van der Waals surface area contributed by atoms with E-state index >= 15 is 0 Å². The predicted octanol–water partition coefficient (Wildman–Crippen LogP) is 3.76. The summed E-state index contributed by atoms with van der Waals surface area (Å²) in [7, 11) is 1.39. The van der Waals surface area contributed by atoms with Gasteiger partial charge < -0.3 is 10.1 Å². The van der Waals surface area contributed by atoms with Crippen molar-refractivity contribution in [2.24, 2.45) is 5.92 Å². The maximum atomic E-state index is 13.5. The highest BCUT2D eigenvalue weighted by Gasteiger charge is 2.17. The van der Waals surface area contributed by atoms with E-state index in [-0.39, 0.29) is 16.5 Å². The molecule has 0 aliphatic carbocycles. The van der Waals surface area contributed by atoms with Gasteiger partial charge >= 0.3 is 0 Å². The van der Waals surface area contributed by atoms with Crippen molar-refractivity contribution in [3.63, 3.8) is 0 Å². The Morgan fingerprint density at radius 2 is 2.05 bits per heavy atom.